The lowest BCUT2D eigenvalue weighted by Gasteiger charge is -2.51. The first-order chi connectivity index (χ1) is 10.3. The van der Waals surface area contributed by atoms with Crippen LogP contribution in [0, 0.1) is 5.92 Å². The molecule has 1 fully saturated rings. The second-order valence-electron chi connectivity index (χ2n) is 6.59. The summed E-state index contributed by atoms with van der Waals surface area (Å²) in [5.41, 5.74) is 2.35. The van der Waals surface area contributed by atoms with E-state index in [-0.39, 0.29) is 17.3 Å². The average molecular weight is 283 g/mol. The van der Waals surface area contributed by atoms with Gasteiger partial charge in [0.2, 0.25) is 0 Å². The van der Waals surface area contributed by atoms with Crippen molar-refractivity contribution in [2.75, 3.05) is 7.11 Å². The number of carbonyl (C=O) groups excluding carboxylic acids is 1. The molecule has 0 aromatic heterocycles. The number of ketones is 1. The van der Waals surface area contributed by atoms with Gasteiger partial charge in [0.05, 0.1) is 18.6 Å². The van der Waals surface area contributed by atoms with Crippen LogP contribution in [0.25, 0.3) is 0 Å². The summed E-state index contributed by atoms with van der Waals surface area (Å²) in [6.45, 7) is 0. The molecule has 21 heavy (non-hydrogen) atoms. The van der Waals surface area contributed by atoms with E-state index in [1.807, 2.05) is 12.3 Å². The molecule has 2 heterocycles. The third-order valence-corrected chi connectivity index (χ3v) is 5.87. The molecule has 2 aliphatic heterocycles. The minimum atomic E-state index is -0.337. The third kappa shape index (κ3) is 1.19. The number of hydrogen-bond donors (Lipinski definition) is 0. The normalized spacial score (nSPS) is 38.0. The Morgan fingerprint density at radius 1 is 1.43 bits per heavy atom. The summed E-state index contributed by atoms with van der Waals surface area (Å²) in [5, 5.41) is 0. The second-order valence-corrected chi connectivity index (χ2v) is 6.59. The first kappa shape index (κ1) is 11.8. The SMILES string of the molecule is COc1ccc2c3c1O[C@H]1C(=O)CCC4C(C2)N=CC[C@@]341. The zero-order chi connectivity index (χ0) is 14.2. The van der Waals surface area contributed by atoms with Crippen LogP contribution in [-0.4, -0.2) is 31.3 Å². The van der Waals surface area contributed by atoms with Crippen molar-refractivity contribution in [1.29, 1.82) is 0 Å². The molecule has 5 rings (SSSR count). The van der Waals surface area contributed by atoms with E-state index in [4.69, 9.17) is 14.5 Å². The van der Waals surface area contributed by atoms with Gasteiger partial charge >= 0.3 is 0 Å². The van der Waals surface area contributed by atoms with Crippen LogP contribution in [0.2, 0.25) is 0 Å². The van der Waals surface area contributed by atoms with Gasteiger partial charge in [-0.05, 0) is 36.8 Å². The molecule has 108 valence electrons. The molecule has 1 spiro atoms. The van der Waals surface area contributed by atoms with Gasteiger partial charge in [-0.1, -0.05) is 6.07 Å². The van der Waals surface area contributed by atoms with Crippen molar-refractivity contribution in [3.05, 3.63) is 23.3 Å². The van der Waals surface area contributed by atoms with Gasteiger partial charge in [0.1, 0.15) is 0 Å². The number of nitrogens with zero attached hydrogens (tertiary/aromatic N) is 1. The highest BCUT2D eigenvalue weighted by Gasteiger charge is 2.64. The monoisotopic (exact) mass is 283 g/mol. The Labute approximate surface area is 123 Å². The van der Waals surface area contributed by atoms with Crippen LogP contribution in [0.4, 0.5) is 0 Å². The smallest absolute Gasteiger partial charge is 0.174 e. The summed E-state index contributed by atoms with van der Waals surface area (Å²) in [6.07, 6.45) is 5.02. The predicted octanol–water partition coefficient (Wildman–Crippen LogP) is 2.07. The number of ether oxygens (including phenoxy) is 2. The van der Waals surface area contributed by atoms with Gasteiger partial charge in [0.25, 0.3) is 0 Å². The van der Waals surface area contributed by atoms with Gasteiger partial charge < -0.3 is 9.47 Å². The number of aliphatic imine (C=N–C) groups is 1. The van der Waals surface area contributed by atoms with Gasteiger partial charge in [0.15, 0.2) is 23.4 Å². The molecular formula is C17H17NO3. The van der Waals surface area contributed by atoms with E-state index in [0.29, 0.717) is 18.4 Å². The van der Waals surface area contributed by atoms with Crippen molar-refractivity contribution in [3.63, 3.8) is 0 Å². The van der Waals surface area contributed by atoms with E-state index in [0.717, 1.165) is 30.8 Å². The topological polar surface area (TPSA) is 47.9 Å². The standard InChI is InChI=1S/C17H17NO3/c1-20-13-5-2-9-8-11-10-3-4-12(19)16-17(10,6-7-18-11)14(9)15(13)21-16/h2,5,7,10-11,16H,3-4,6,8H2,1H3/t10?,11?,16-,17-/m0/s1. The maximum Gasteiger partial charge on any atom is 0.174 e. The van der Waals surface area contributed by atoms with E-state index < -0.39 is 0 Å². The lowest BCUT2D eigenvalue weighted by atomic mass is 9.53. The Balaban J connectivity index is 1.85. The van der Waals surface area contributed by atoms with E-state index in [1.54, 1.807) is 7.11 Å². The maximum absolute atomic E-state index is 12.5. The van der Waals surface area contributed by atoms with E-state index in [2.05, 4.69) is 6.07 Å². The molecule has 4 nitrogen and oxygen atoms in total. The van der Waals surface area contributed by atoms with Gasteiger partial charge in [-0.3, -0.25) is 9.79 Å². The zero-order valence-electron chi connectivity index (χ0n) is 12.0. The van der Waals surface area contributed by atoms with Crippen molar-refractivity contribution in [2.45, 2.75) is 43.2 Å². The first-order valence-corrected chi connectivity index (χ1v) is 7.67. The first-order valence-electron chi connectivity index (χ1n) is 7.67. The van der Waals surface area contributed by atoms with Gasteiger partial charge in [0, 0.05) is 18.2 Å². The summed E-state index contributed by atoms with van der Waals surface area (Å²) in [4.78, 5) is 17.2. The Hall–Kier alpha value is -1.84. The molecule has 4 heteroatoms. The fraction of sp³-hybridized carbons (Fsp3) is 0.529. The van der Waals surface area contributed by atoms with E-state index >= 15 is 0 Å². The molecule has 4 atom stereocenters. The number of hydrogen-bond acceptors (Lipinski definition) is 4. The van der Waals surface area contributed by atoms with E-state index in [9.17, 15) is 4.79 Å². The molecule has 0 N–H and O–H groups in total. The molecule has 1 aromatic carbocycles. The molecule has 2 aliphatic carbocycles. The average Bonchev–Trinajstić information content (AvgIpc) is 2.83. The molecule has 2 bridgehead atoms. The summed E-state index contributed by atoms with van der Waals surface area (Å²) in [7, 11) is 1.66. The summed E-state index contributed by atoms with van der Waals surface area (Å²) < 4.78 is 11.7. The Kier molecular flexibility index (Phi) is 2.06. The number of Topliss-reactive ketones (excluding diaryl/α,β-unsaturated/α-hetero) is 1. The highest BCUT2D eigenvalue weighted by molar-refractivity contribution is 5.90. The molecule has 0 radical (unpaired) electrons. The Bertz CT molecular complexity index is 696. The number of benzene rings is 1. The molecule has 1 aromatic rings. The lowest BCUT2D eigenvalue weighted by Crippen LogP contribution is -2.59. The summed E-state index contributed by atoms with van der Waals surface area (Å²) in [5.74, 6) is 2.25. The molecule has 0 saturated heterocycles. The van der Waals surface area contributed by atoms with Crippen LogP contribution < -0.4 is 9.47 Å². The van der Waals surface area contributed by atoms with Crippen molar-refractivity contribution >= 4 is 12.0 Å². The zero-order valence-corrected chi connectivity index (χ0v) is 12.0. The van der Waals surface area contributed by atoms with Crippen LogP contribution in [0.1, 0.15) is 30.4 Å². The fourth-order valence-corrected chi connectivity index (χ4v) is 5.10. The Morgan fingerprint density at radius 3 is 3.19 bits per heavy atom. The molecule has 0 amide bonds. The van der Waals surface area contributed by atoms with Crippen LogP contribution in [-0.2, 0) is 16.6 Å². The summed E-state index contributed by atoms with van der Waals surface area (Å²) in [6, 6.07) is 4.41. The minimum Gasteiger partial charge on any atom is -0.493 e. The van der Waals surface area contributed by atoms with E-state index in [1.165, 1.54) is 11.1 Å². The number of carbonyl (C=O) groups is 1. The molecule has 1 saturated carbocycles. The van der Waals surface area contributed by atoms with Crippen LogP contribution in [0.3, 0.4) is 0 Å². The number of methoxy groups -OCH3 is 1. The maximum atomic E-state index is 12.5. The Morgan fingerprint density at radius 2 is 2.33 bits per heavy atom. The lowest BCUT2D eigenvalue weighted by molar-refractivity contribution is -0.133. The van der Waals surface area contributed by atoms with Gasteiger partial charge in [-0.2, -0.15) is 0 Å². The van der Waals surface area contributed by atoms with Crippen LogP contribution >= 0.6 is 0 Å². The summed E-state index contributed by atoms with van der Waals surface area (Å²) >= 11 is 0. The van der Waals surface area contributed by atoms with Gasteiger partial charge in [-0.25, -0.2) is 0 Å². The quantitative estimate of drug-likeness (QED) is 0.792. The van der Waals surface area contributed by atoms with Gasteiger partial charge in [-0.15, -0.1) is 0 Å². The largest absolute Gasteiger partial charge is 0.493 e. The molecule has 4 aliphatic rings. The second kappa shape index (κ2) is 3.67. The minimum absolute atomic E-state index is 0.181. The van der Waals surface area contributed by atoms with Crippen LogP contribution in [0.15, 0.2) is 17.1 Å². The van der Waals surface area contributed by atoms with Crippen molar-refractivity contribution in [3.8, 4) is 11.5 Å². The third-order valence-electron chi connectivity index (χ3n) is 5.87. The predicted molar refractivity (Wildman–Crippen MR) is 77.4 cm³/mol. The van der Waals surface area contributed by atoms with Crippen molar-refractivity contribution in [1.82, 2.24) is 0 Å². The molecule has 2 unspecified atom stereocenters. The fourth-order valence-electron chi connectivity index (χ4n) is 5.10. The van der Waals surface area contributed by atoms with Crippen molar-refractivity contribution < 1.29 is 14.3 Å². The molecular weight excluding hydrogens is 266 g/mol. The number of rotatable bonds is 1. The van der Waals surface area contributed by atoms with Crippen molar-refractivity contribution in [2.24, 2.45) is 10.9 Å². The highest BCUT2D eigenvalue weighted by Crippen LogP contribution is 2.62. The highest BCUT2D eigenvalue weighted by atomic mass is 16.5. The van der Waals surface area contributed by atoms with Crippen LogP contribution in [0.5, 0.6) is 11.5 Å².